The van der Waals surface area contributed by atoms with Crippen LogP contribution in [0.4, 0.5) is 0 Å². The van der Waals surface area contributed by atoms with Crippen LogP contribution in [0.1, 0.15) is 24.0 Å². The molecule has 0 aliphatic heterocycles. The standard InChI is InChI=1S/C14H20N2O2/c1-10-3-4-12(18-2)11(9-10)5-8-16-13(17)14(15)6-7-14/h3-4,9H,5-8,15H2,1-2H3,(H,16,17). The van der Waals surface area contributed by atoms with Crippen molar-refractivity contribution >= 4 is 5.91 Å². The van der Waals surface area contributed by atoms with Gasteiger partial charge in [-0.2, -0.15) is 0 Å². The predicted octanol–water partition coefficient (Wildman–Crippen LogP) is 1.15. The average molecular weight is 248 g/mol. The fourth-order valence-corrected chi connectivity index (χ4v) is 1.95. The molecule has 0 saturated heterocycles. The lowest BCUT2D eigenvalue weighted by atomic mass is 10.1. The zero-order valence-corrected chi connectivity index (χ0v) is 11.0. The average Bonchev–Trinajstić information content (AvgIpc) is 3.09. The van der Waals surface area contributed by atoms with E-state index in [0.29, 0.717) is 6.54 Å². The van der Waals surface area contributed by atoms with E-state index in [2.05, 4.69) is 11.4 Å². The first kappa shape index (κ1) is 12.9. The van der Waals surface area contributed by atoms with E-state index in [9.17, 15) is 4.79 Å². The molecule has 98 valence electrons. The Hall–Kier alpha value is -1.55. The van der Waals surface area contributed by atoms with Gasteiger partial charge in [0.25, 0.3) is 0 Å². The largest absolute Gasteiger partial charge is 0.496 e. The molecule has 0 atom stereocenters. The molecule has 1 aromatic carbocycles. The number of hydrogen-bond donors (Lipinski definition) is 2. The number of rotatable bonds is 5. The number of carbonyl (C=O) groups excluding carboxylic acids is 1. The Labute approximate surface area is 108 Å². The molecule has 2 rings (SSSR count). The molecule has 0 radical (unpaired) electrons. The summed E-state index contributed by atoms with van der Waals surface area (Å²) >= 11 is 0. The third kappa shape index (κ3) is 2.82. The smallest absolute Gasteiger partial charge is 0.240 e. The quantitative estimate of drug-likeness (QED) is 0.821. The molecule has 1 saturated carbocycles. The number of nitrogens with one attached hydrogen (secondary N) is 1. The van der Waals surface area contributed by atoms with E-state index in [1.807, 2.05) is 19.1 Å². The van der Waals surface area contributed by atoms with Gasteiger partial charge in [-0.25, -0.2) is 0 Å². The lowest BCUT2D eigenvalue weighted by molar-refractivity contribution is -0.123. The minimum atomic E-state index is -0.587. The second-order valence-electron chi connectivity index (χ2n) is 4.98. The van der Waals surface area contributed by atoms with E-state index < -0.39 is 5.54 Å². The van der Waals surface area contributed by atoms with Gasteiger partial charge in [-0.1, -0.05) is 17.7 Å². The number of amides is 1. The predicted molar refractivity (Wildman–Crippen MR) is 70.6 cm³/mol. The van der Waals surface area contributed by atoms with Crippen LogP contribution in [0.25, 0.3) is 0 Å². The first-order valence-electron chi connectivity index (χ1n) is 6.26. The number of ether oxygens (including phenoxy) is 1. The van der Waals surface area contributed by atoms with Gasteiger partial charge in [0.05, 0.1) is 12.6 Å². The highest BCUT2D eigenvalue weighted by Gasteiger charge is 2.45. The molecule has 4 nitrogen and oxygen atoms in total. The van der Waals surface area contributed by atoms with Crippen LogP contribution in [0.3, 0.4) is 0 Å². The Morgan fingerprint density at radius 2 is 2.22 bits per heavy atom. The zero-order valence-electron chi connectivity index (χ0n) is 11.0. The molecule has 0 bridgehead atoms. The third-order valence-electron chi connectivity index (χ3n) is 3.36. The van der Waals surface area contributed by atoms with E-state index in [4.69, 9.17) is 10.5 Å². The number of hydrogen-bond acceptors (Lipinski definition) is 3. The summed E-state index contributed by atoms with van der Waals surface area (Å²) in [6.07, 6.45) is 2.35. The summed E-state index contributed by atoms with van der Waals surface area (Å²) in [5.41, 5.74) is 7.53. The van der Waals surface area contributed by atoms with E-state index in [0.717, 1.165) is 30.6 Å². The first-order chi connectivity index (χ1) is 8.55. The van der Waals surface area contributed by atoms with Crippen molar-refractivity contribution in [2.45, 2.75) is 31.7 Å². The van der Waals surface area contributed by atoms with Gasteiger partial charge in [0, 0.05) is 6.54 Å². The fourth-order valence-electron chi connectivity index (χ4n) is 1.95. The van der Waals surface area contributed by atoms with Crippen LogP contribution < -0.4 is 15.8 Å². The van der Waals surface area contributed by atoms with E-state index in [1.54, 1.807) is 7.11 Å². The first-order valence-corrected chi connectivity index (χ1v) is 6.26. The number of carbonyl (C=O) groups is 1. The Kier molecular flexibility index (Phi) is 3.57. The Bertz CT molecular complexity index is 453. The van der Waals surface area contributed by atoms with Crippen molar-refractivity contribution in [2.24, 2.45) is 5.73 Å². The summed E-state index contributed by atoms with van der Waals surface area (Å²) in [7, 11) is 1.66. The zero-order chi connectivity index (χ0) is 13.2. The van der Waals surface area contributed by atoms with Crippen molar-refractivity contribution in [3.63, 3.8) is 0 Å². The van der Waals surface area contributed by atoms with E-state index >= 15 is 0 Å². The minimum Gasteiger partial charge on any atom is -0.496 e. The van der Waals surface area contributed by atoms with Crippen molar-refractivity contribution in [1.82, 2.24) is 5.32 Å². The molecule has 0 spiro atoms. The van der Waals surface area contributed by atoms with Crippen LogP contribution in [0.5, 0.6) is 5.75 Å². The van der Waals surface area contributed by atoms with Crippen molar-refractivity contribution in [3.8, 4) is 5.75 Å². The van der Waals surface area contributed by atoms with E-state index in [-0.39, 0.29) is 5.91 Å². The summed E-state index contributed by atoms with van der Waals surface area (Å²) in [4.78, 5) is 11.7. The molecule has 0 unspecified atom stereocenters. The number of benzene rings is 1. The van der Waals surface area contributed by atoms with E-state index in [1.165, 1.54) is 5.56 Å². The molecule has 1 amide bonds. The molecule has 1 aromatic rings. The van der Waals surface area contributed by atoms with Gasteiger partial charge in [-0.3, -0.25) is 4.79 Å². The highest BCUT2D eigenvalue weighted by molar-refractivity contribution is 5.88. The normalized spacial score (nSPS) is 16.2. The molecule has 4 heteroatoms. The molecule has 1 fully saturated rings. The van der Waals surface area contributed by atoms with Gasteiger partial charge >= 0.3 is 0 Å². The second kappa shape index (κ2) is 4.98. The maximum Gasteiger partial charge on any atom is 0.240 e. The molecule has 0 aromatic heterocycles. The van der Waals surface area contributed by atoms with Crippen molar-refractivity contribution in [1.29, 1.82) is 0 Å². The van der Waals surface area contributed by atoms with Crippen LogP contribution in [0.2, 0.25) is 0 Å². The SMILES string of the molecule is COc1ccc(C)cc1CCNC(=O)C1(N)CC1. The lowest BCUT2D eigenvalue weighted by Crippen LogP contribution is -2.43. The molecule has 0 heterocycles. The van der Waals surface area contributed by atoms with Gasteiger partial charge < -0.3 is 15.8 Å². The summed E-state index contributed by atoms with van der Waals surface area (Å²) in [5.74, 6) is 0.831. The lowest BCUT2D eigenvalue weighted by Gasteiger charge is -2.12. The Morgan fingerprint density at radius 1 is 1.50 bits per heavy atom. The van der Waals surface area contributed by atoms with Crippen LogP contribution in [0, 0.1) is 6.92 Å². The van der Waals surface area contributed by atoms with Crippen molar-refractivity contribution in [2.75, 3.05) is 13.7 Å². The van der Waals surface area contributed by atoms with Crippen LogP contribution in [-0.2, 0) is 11.2 Å². The fraction of sp³-hybridized carbons (Fsp3) is 0.500. The maximum atomic E-state index is 11.7. The van der Waals surface area contributed by atoms with Gasteiger partial charge in [0.15, 0.2) is 0 Å². The van der Waals surface area contributed by atoms with Gasteiger partial charge in [-0.05, 0) is 37.8 Å². The summed E-state index contributed by atoms with van der Waals surface area (Å²) in [6.45, 7) is 2.64. The van der Waals surface area contributed by atoms with Crippen molar-refractivity contribution < 1.29 is 9.53 Å². The summed E-state index contributed by atoms with van der Waals surface area (Å²) in [5, 5.41) is 2.88. The highest BCUT2D eigenvalue weighted by atomic mass is 16.5. The molecule has 1 aliphatic rings. The number of methoxy groups -OCH3 is 1. The Balaban J connectivity index is 1.89. The van der Waals surface area contributed by atoms with Gasteiger partial charge in [0.1, 0.15) is 5.75 Å². The van der Waals surface area contributed by atoms with Gasteiger partial charge in [-0.15, -0.1) is 0 Å². The second-order valence-corrected chi connectivity index (χ2v) is 4.98. The maximum absolute atomic E-state index is 11.7. The van der Waals surface area contributed by atoms with Gasteiger partial charge in [0.2, 0.25) is 5.91 Å². The number of nitrogens with two attached hydrogens (primary N) is 1. The topological polar surface area (TPSA) is 64.3 Å². The molecule has 3 N–H and O–H groups in total. The number of aryl methyl sites for hydroxylation is 1. The molecular weight excluding hydrogens is 228 g/mol. The monoisotopic (exact) mass is 248 g/mol. The Morgan fingerprint density at radius 3 is 2.83 bits per heavy atom. The molecule has 1 aliphatic carbocycles. The van der Waals surface area contributed by atoms with Crippen LogP contribution >= 0.6 is 0 Å². The summed E-state index contributed by atoms with van der Waals surface area (Å²) in [6, 6.07) is 6.05. The molecule has 18 heavy (non-hydrogen) atoms. The minimum absolute atomic E-state index is 0.0332. The van der Waals surface area contributed by atoms with Crippen molar-refractivity contribution in [3.05, 3.63) is 29.3 Å². The third-order valence-corrected chi connectivity index (χ3v) is 3.36. The molecular formula is C14H20N2O2. The highest BCUT2D eigenvalue weighted by Crippen LogP contribution is 2.32. The summed E-state index contributed by atoms with van der Waals surface area (Å²) < 4.78 is 5.30. The van der Waals surface area contributed by atoms with Crippen LogP contribution in [0.15, 0.2) is 18.2 Å². The van der Waals surface area contributed by atoms with Crippen LogP contribution in [-0.4, -0.2) is 25.1 Å².